The Labute approximate surface area is 58.1 Å². The Morgan fingerprint density at radius 2 is 1.56 bits per heavy atom. The Morgan fingerprint density at radius 1 is 1.22 bits per heavy atom. The summed E-state index contributed by atoms with van der Waals surface area (Å²) in [5, 5.41) is 18.2. The number of hydrogen-bond acceptors (Lipinski definition) is 2. The molecule has 0 aliphatic carbocycles. The van der Waals surface area contributed by atoms with E-state index in [1.807, 2.05) is 13.8 Å². The molecule has 0 saturated carbocycles. The van der Waals surface area contributed by atoms with Gasteiger partial charge in [-0.2, -0.15) is 0 Å². The highest BCUT2D eigenvalue weighted by Crippen LogP contribution is 2.11. The Balaban J connectivity index is 3.79. The lowest BCUT2D eigenvalue weighted by Gasteiger charge is -2.23. The fraction of sp³-hybridized carbons (Fsp3) is 1.00. The van der Waals surface area contributed by atoms with Gasteiger partial charge in [-0.1, -0.05) is 25.9 Å². The molecule has 55 valence electrons. The molecule has 1 radical (unpaired) electrons. The predicted octanol–water partition coefficient (Wildman–Crippen LogP) is 0.761. The van der Waals surface area contributed by atoms with Gasteiger partial charge in [0.2, 0.25) is 0 Å². The summed E-state index contributed by atoms with van der Waals surface area (Å²) in [7, 11) is -0.928. The number of rotatable bonds is 3. The Bertz CT molecular complexity index is 73.6. The van der Waals surface area contributed by atoms with Gasteiger partial charge in [-0.3, -0.25) is 0 Å². The molecular formula is C6H15O2Si. The van der Waals surface area contributed by atoms with Gasteiger partial charge in [-0.15, -0.1) is 0 Å². The van der Waals surface area contributed by atoms with Crippen LogP contribution < -0.4 is 0 Å². The monoisotopic (exact) mass is 147 g/mol. The molecule has 0 unspecified atom stereocenters. The molecule has 0 heterocycles. The lowest BCUT2D eigenvalue weighted by Crippen LogP contribution is -2.41. The first kappa shape index (κ1) is 9.14. The lowest BCUT2D eigenvalue weighted by molar-refractivity contribution is -0.0757. The molecule has 0 bridgehead atoms. The standard InChI is InChI=1S/C6H15O2Si/c1-4-9(5-2)6(3,7)8/h7-8H,4-5H2,1-3H3. The highest BCUT2D eigenvalue weighted by molar-refractivity contribution is 6.61. The van der Waals surface area contributed by atoms with Gasteiger partial charge in [0.1, 0.15) is 14.2 Å². The Morgan fingerprint density at radius 3 is 1.56 bits per heavy atom. The maximum absolute atomic E-state index is 9.08. The maximum Gasteiger partial charge on any atom is 0.140 e. The van der Waals surface area contributed by atoms with Crippen molar-refractivity contribution in [1.29, 1.82) is 0 Å². The highest BCUT2D eigenvalue weighted by Gasteiger charge is 2.27. The van der Waals surface area contributed by atoms with E-state index < -0.39 is 14.2 Å². The van der Waals surface area contributed by atoms with E-state index in [0.717, 1.165) is 12.1 Å². The van der Waals surface area contributed by atoms with E-state index in [2.05, 4.69) is 0 Å². The molecule has 2 N–H and O–H groups in total. The Hall–Kier alpha value is 0.137. The van der Waals surface area contributed by atoms with Crippen LogP contribution in [0.25, 0.3) is 0 Å². The van der Waals surface area contributed by atoms with Crippen LogP contribution in [0.5, 0.6) is 0 Å². The molecule has 0 saturated heterocycles. The van der Waals surface area contributed by atoms with E-state index in [1.165, 1.54) is 6.92 Å². The first-order valence-corrected chi connectivity index (χ1v) is 5.23. The van der Waals surface area contributed by atoms with Gasteiger partial charge >= 0.3 is 0 Å². The van der Waals surface area contributed by atoms with Gasteiger partial charge in [0.05, 0.1) is 0 Å². The van der Waals surface area contributed by atoms with E-state index in [-0.39, 0.29) is 0 Å². The van der Waals surface area contributed by atoms with E-state index in [9.17, 15) is 0 Å². The third kappa shape index (κ3) is 2.98. The Kier molecular flexibility index (Phi) is 3.39. The molecule has 0 aromatic rings. The minimum atomic E-state index is -1.38. The lowest BCUT2D eigenvalue weighted by atomic mass is 10.8. The molecule has 3 heteroatoms. The maximum atomic E-state index is 9.08. The summed E-state index contributed by atoms with van der Waals surface area (Å²) in [6.45, 7) is 5.49. The molecule has 0 aromatic heterocycles. The quantitative estimate of drug-likeness (QED) is 0.457. The highest BCUT2D eigenvalue weighted by atomic mass is 28.3. The van der Waals surface area contributed by atoms with E-state index >= 15 is 0 Å². The largest absolute Gasteiger partial charge is 0.370 e. The smallest absolute Gasteiger partial charge is 0.140 e. The summed E-state index contributed by atoms with van der Waals surface area (Å²) in [5.41, 5.74) is -1.38. The molecule has 0 aromatic carbocycles. The molecule has 0 amide bonds. The second kappa shape index (κ2) is 3.34. The van der Waals surface area contributed by atoms with Crippen LogP contribution in [0, 0.1) is 0 Å². The topological polar surface area (TPSA) is 40.5 Å². The van der Waals surface area contributed by atoms with E-state index in [4.69, 9.17) is 10.2 Å². The van der Waals surface area contributed by atoms with Gasteiger partial charge in [0, 0.05) is 0 Å². The predicted molar refractivity (Wildman–Crippen MR) is 39.6 cm³/mol. The molecule has 0 aliphatic heterocycles. The molecule has 2 nitrogen and oxygen atoms in total. The van der Waals surface area contributed by atoms with Gasteiger partial charge in [0.15, 0.2) is 0 Å². The number of aliphatic hydroxyl groups is 2. The molecule has 0 fully saturated rings. The van der Waals surface area contributed by atoms with Crippen molar-refractivity contribution in [2.75, 3.05) is 0 Å². The third-order valence-corrected chi connectivity index (χ3v) is 4.57. The van der Waals surface area contributed by atoms with Gasteiger partial charge in [-0.05, 0) is 6.92 Å². The number of hydrogen-bond donors (Lipinski definition) is 2. The van der Waals surface area contributed by atoms with Crippen molar-refractivity contribution in [2.24, 2.45) is 0 Å². The molecule has 0 atom stereocenters. The van der Waals surface area contributed by atoms with E-state index in [1.54, 1.807) is 0 Å². The summed E-state index contributed by atoms with van der Waals surface area (Å²) < 4.78 is 0. The summed E-state index contributed by atoms with van der Waals surface area (Å²) in [4.78, 5) is 0. The zero-order valence-corrected chi connectivity index (χ0v) is 7.31. The third-order valence-electron chi connectivity index (χ3n) is 1.52. The molecule has 0 rings (SSSR count). The first-order chi connectivity index (χ1) is 4.02. The zero-order chi connectivity index (χ0) is 7.49. The molecule has 0 aliphatic rings. The average Bonchev–Trinajstić information content (AvgIpc) is 1.65. The van der Waals surface area contributed by atoms with Crippen molar-refractivity contribution in [3.63, 3.8) is 0 Å². The van der Waals surface area contributed by atoms with Crippen LogP contribution in [-0.4, -0.2) is 24.4 Å². The molecular weight excluding hydrogens is 132 g/mol. The second-order valence-corrected chi connectivity index (χ2v) is 5.90. The summed E-state index contributed by atoms with van der Waals surface area (Å²) in [6.07, 6.45) is 0. The van der Waals surface area contributed by atoms with Crippen LogP contribution in [0.4, 0.5) is 0 Å². The van der Waals surface area contributed by atoms with Gasteiger partial charge in [0.25, 0.3) is 0 Å². The molecule has 0 spiro atoms. The average molecular weight is 147 g/mol. The summed E-state index contributed by atoms with van der Waals surface area (Å²) in [6, 6.07) is 1.84. The zero-order valence-electron chi connectivity index (χ0n) is 6.31. The van der Waals surface area contributed by atoms with Crippen LogP contribution in [-0.2, 0) is 0 Å². The van der Waals surface area contributed by atoms with Gasteiger partial charge in [-0.25, -0.2) is 0 Å². The van der Waals surface area contributed by atoms with Crippen LogP contribution in [0.1, 0.15) is 20.8 Å². The van der Waals surface area contributed by atoms with Crippen LogP contribution in [0.15, 0.2) is 0 Å². The van der Waals surface area contributed by atoms with Crippen LogP contribution >= 0.6 is 0 Å². The second-order valence-electron chi connectivity index (χ2n) is 2.33. The van der Waals surface area contributed by atoms with Crippen LogP contribution in [0.3, 0.4) is 0 Å². The fourth-order valence-electron chi connectivity index (χ4n) is 0.920. The first-order valence-electron chi connectivity index (χ1n) is 3.32. The van der Waals surface area contributed by atoms with Crippen molar-refractivity contribution in [1.82, 2.24) is 0 Å². The normalized spacial score (nSPS) is 12.7. The van der Waals surface area contributed by atoms with Crippen molar-refractivity contribution < 1.29 is 10.2 Å². The van der Waals surface area contributed by atoms with E-state index in [0.29, 0.717) is 0 Å². The van der Waals surface area contributed by atoms with Crippen molar-refractivity contribution >= 4 is 8.80 Å². The minimum absolute atomic E-state index is 0.921. The molecule has 9 heavy (non-hydrogen) atoms. The minimum Gasteiger partial charge on any atom is -0.370 e. The van der Waals surface area contributed by atoms with Crippen molar-refractivity contribution in [3.8, 4) is 0 Å². The van der Waals surface area contributed by atoms with Crippen molar-refractivity contribution in [2.45, 2.75) is 38.3 Å². The van der Waals surface area contributed by atoms with Crippen molar-refractivity contribution in [3.05, 3.63) is 0 Å². The SMILES string of the molecule is CC[Si](CC)C(C)(O)O. The van der Waals surface area contributed by atoms with Gasteiger partial charge < -0.3 is 10.2 Å². The van der Waals surface area contributed by atoms with Crippen LogP contribution in [0.2, 0.25) is 12.1 Å². The fourth-order valence-corrected chi connectivity index (χ4v) is 2.76. The summed E-state index contributed by atoms with van der Waals surface area (Å²) in [5.74, 6) is 0. The summed E-state index contributed by atoms with van der Waals surface area (Å²) >= 11 is 0.